The van der Waals surface area contributed by atoms with Crippen molar-refractivity contribution in [2.45, 2.75) is 0 Å². The van der Waals surface area contributed by atoms with E-state index in [0.29, 0.717) is 0 Å². The van der Waals surface area contributed by atoms with Gasteiger partial charge in [0.1, 0.15) is 5.65 Å². The summed E-state index contributed by atoms with van der Waals surface area (Å²) in [6.45, 7) is 0. The van der Waals surface area contributed by atoms with Gasteiger partial charge in [0, 0.05) is 39.7 Å². The molecule has 0 radical (unpaired) electrons. The average Bonchev–Trinajstić information content (AvgIpc) is 3.52. The molecule has 0 N–H and O–H groups in total. The summed E-state index contributed by atoms with van der Waals surface area (Å²) in [6, 6.07) is 49.4. The molecule has 0 bridgehead atoms. The molecule has 3 aromatic heterocycles. The fourth-order valence-electron chi connectivity index (χ4n) is 6.57. The van der Waals surface area contributed by atoms with E-state index in [-0.39, 0.29) is 0 Å². The number of aromatic nitrogens is 3. The molecule has 6 aromatic carbocycles. The summed E-state index contributed by atoms with van der Waals surface area (Å²) in [5, 5.41) is 8.67. The number of fused-ring (bicyclic) bond motifs is 9. The number of nitrogens with zero attached hydrogens (tertiary/aromatic N) is 3. The molecule has 0 aliphatic rings. The highest BCUT2D eigenvalue weighted by Crippen LogP contribution is 2.42. The predicted molar refractivity (Wildman–Crippen MR) is 179 cm³/mol. The zero-order valence-corrected chi connectivity index (χ0v) is 23.3. The van der Waals surface area contributed by atoms with E-state index < -0.39 is 0 Å². The van der Waals surface area contributed by atoms with E-state index in [2.05, 4.69) is 138 Å². The molecule has 9 rings (SSSR count). The molecule has 0 amide bonds. The molecular formula is C40H25N3. The monoisotopic (exact) mass is 547 g/mol. The fourth-order valence-corrected chi connectivity index (χ4v) is 6.57. The van der Waals surface area contributed by atoms with Crippen LogP contribution < -0.4 is 0 Å². The van der Waals surface area contributed by atoms with Gasteiger partial charge in [-0.1, -0.05) is 121 Å². The quantitative estimate of drug-likeness (QED) is 0.206. The molecular weight excluding hydrogens is 522 g/mol. The molecule has 9 aromatic rings. The van der Waals surface area contributed by atoms with Crippen molar-refractivity contribution in [2.75, 3.05) is 0 Å². The predicted octanol–water partition coefficient (Wildman–Crippen LogP) is 10.3. The molecule has 0 fully saturated rings. The lowest BCUT2D eigenvalue weighted by atomic mass is 9.90. The maximum Gasteiger partial charge on any atom is 0.137 e. The second kappa shape index (κ2) is 9.37. The highest BCUT2D eigenvalue weighted by molar-refractivity contribution is 6.33. The van der Waals surface area contributed by atoms with Gasteiger partial charge >= 0.3 is 0 Å². The van der Waals surface area contributed by atoms with Gasteiger partial charge in [0.2, 0.25) is 0 Å². The van der Waals surface area contributed by atoms with E-state index >= 15 is 0 Å². The minimum Gasteiger partial charge on any atom is -0.306 e. The molecule has 0 saturated carbocycles. The number of rotatable bonds is 3. The molecule has 3 nitrogen and oxygen atoms in total. The molecule has 0 aliphatic carbocycles. The van der Waals surface area contributed by atoms with Crippen molar-refractivity contribution in [3.8, 4) is 33.6 Å². The first kappa shape index (κ1) is 23.9. The van der Waals surface area contributed by atoms with Crippen LogP contribution in [0.4, 0.5) is 0 Å². The number of hydrogen-bond donors (Lipinski definition) is 0. The Morgan fingerprint density at radius 2 is 0.953 bits per heavy atom. The molecule has 0 spiro atoms. The van der Waals surface area contributed by atoms with E-state index in [9.17, 15) is 0 Å². The molecule has 0 aliphatic heterocycles. The maximum absolute atomic E-state index is 5.29. The van der Waals surface area contributed by atoms with E-state index in [1.807, 2.05) is 18.2 Å². The standard InChI is InChI=1S/C40H25N3/c1-2-10-27(11-3-1)36-25-43-24-29(22-23-37(43)41-36)26-18-20-28(21-19-26)40-39-33-15-7-5-13-31(33)30-12-4-6-14-32(30)38(39)34-16-8-9-17-35(34)42-40/h1-25H. The van der Waals surface area contributed by atoms with Gasteiger partial charge < -0.3 is 4.40 Å². The van der Waals surface area contributed by atoms with Crippen LogP contribution >= 0.6 is 0 Å². The van der Waals surface area contributed by atoms with Gasteiger partial charge in [-0.3, -0.25) is 0 Å². The van der Waals surface area contributed by atoms with E-state index in [4.69, 9.17) is 9.97 Å². The van der Waals surface area contributed by atoms with Crippen LogP contribution in [0.2, 0.25) is 0 Å². The topological polar surface area (TPSA) is 30.2 Å². The zero-order valence-electron chi connectivity index (χ0n) is 23.3. The molecule has 200 valence electrons. The first-order chi connectivity index (χ1) is 21.3. The van der Waals surface area contributed by atoms with Crippen molar-refractivity contribution in [3.05, 3.63) is 152 Å². The lowest BCUT2D eigenvalue weighted by Gasteiger charge is -2.16. The third kappa shape index (κ3) is 3.75. The van der Waals surface area contributed by atoms with Crippen molar-refractivity contribution in [3.63, 3.8) is 0 Å². The Kier molecular flexibility index (Phi) is 5.20. The summed E-state index contributed by atoms with van der Waals surface area (Å²) in [6.07, 6.45) is 4.26. The van der Waals surface area contributed by atoms with Crippen molar-refractivity contribution < 1.29 is 0 Å². The molecule has 0 atom stereocenters. The summed E-state index contributed by atoms with van der Waals surface area (Å²) in [5.41, 5.74) is 8.45. The van der Waals surface area contributed by atoms with Crippen LogP contribution in [0.5, 0.6) is 0 Å². The minimum absolute atomic E-state index is 0.935. The second-order valence-electron chi connectivity index (χ2n) is 11.1. The van der Waals surface area contributed by atoms with E-state index in [0.717, 1.165) is 44.8 Å². The van der Waals surface area contributed by atoms with E-state index in [1.54, 1.807) is 0 Å². The molecule has 0 saturated heterocycles. The number of para-hydroxylation sites is 1. The van der Waals surface area contributed by atoms with Crippen LogP contribution in [0.1, 0.15) is 0 Å². The Bertz CT molecular complexity index is 2490. The Morgan fingerprint density at radius 1 is 0.372 bits per heavy atom. The first-order valence-corrected chi connectivity index (χ1v) is 14.6. The van der Waals surface area contributed by atoms with Crippen LogP contribution in [0.25, 0.3) is 82.5 Å². The van der Waals surface area contributed by atoms with Crippen LogP contribution in [0, 0.1) is 0 Å². The highest BCUT2D eigenvalue weighted by atomic mass is 15.0. The van der Waals surface area contributed by atoms with Gasteiger partial charge in [0.25, 0.3) is 0 Å². The normalized spacial score (nSPS) is 11.7. The van der Waals surface area contributed by atoms with Crippen molar-refractivity contribution in [2.24, 2.45) is 0 Å². The summed E-state index contributed by atoms with van der Waals surface area (Å²) in [5.74, 6) is 0. The first-order valence-electron chi connectivity index (χ1n) is 14.6. The summed E-state index contributed by atoms with van der Waals surface area (Å²) in [4.78, 5) is 10.1. The Hall–Kier alpha value is -5.80. The molecule has 3 heteroatoms. The van der Waals surface area contributed by atoms with Gasteiger partial charge in [-0.15, -0.1) is 0 Å². The highest BCUT2D eigenvalue weighted by Gasteiger charge is 2.17. The van der Waals surface area contributed by atoms with Gasteiger partial charge in [0.15, 0.2) is 0 Å². The van der Waals surface area contributed by atoms with Crippen LogP contribution in [-0.4, -0.2) is 14.4 Å². The lowest BCUT2D eigenvalue weighted by molar-refractivity contribution is 1.19. The third-order valence-electron chi connectivity index (χ3n) is 8.59. The molecule has 43 heavy (non-hydrogen) atoms. The van der Waals surface area contributed by atoms with Gasteiger partial charge in [-0.05, 0) is 50.9 Å². The number of benzene rings is 6. The Morgan fingerprint density at radius 3 is 1.70 bits per heavy atom. The maximum atomic E-state index is 5.29. The van der Waals surface area contributed by atoms with Gasteiger partial charge in [-0.25, -0.2) is 9.97 Å². The third-order valence-corrected chi connectivity index (χ3v) is 8.59. The molecule has 3 heterocycles. The Labute approximate surface area is 248 Å². The lowest BCUT2D eigenvalue weighted by Crippen LogP contribution is -1.93. The van der Waals surface area contributed by atoms with Gasteiger partial charge in [-0.2, -0.15) is 0 Å². The van der Waals surface area contributed by atoms with Crippen molar-refractivity contribution >= 4 is 48.9 Å². The summed E-state index contributed by atoms with van der Waals surface area (Å²) in [7, 11) is 0. The van der Waals surface area contributed by atoms with Crippen molar-refractivity contribution in [1.29, 1.82) is 0 Å². The summed E-state index contributed by atoms with van der Waals surface area (Å²) >= 11 is 0. The van der Waals surface area contributed by atoms with E-state index in [1.165, 1.54) is 37.7 Å². The number of imidazole rings is 1. The Balaban J connectivity index is 1.23. The van der Waals surface area contributed by atoms with Gasteiger partial charge in [0.05, 0.1) is 16.9 Å². The largest absolute Gasteiger partial charge is 0.306 e. The number of pyridine rings is 2. The summed E-state index contributed by atoms with van der Waals surface area (Å²) < 4.78 is 2.11. The SMILES string of the molecule is c1ccc(-c2cn3cc(-c4ccc(-c5nc6ccccc6c6c7ccccc7c7ccccc7c56)cc4)ccc3n2)cc1. The minimum atomic E-state index is 0.935. The molecule has 0 unspecified atom stereocenters. The van der Waals surface area contributed by atoms with Crippen molar-refractivity contribution in [1.82, 2.24) is 14.4 Å². The van der Waals surface area contributed by atoms with Crippen LogP contribution in [-0.2, 0) is 0 Å². The fraction of sp³-hybridized carbons (Fsp3) is 0. The second-order valence-corrected chi connectivity index (χ2v) is 11.1. The smallest absolute Gasteiger partial charge is 0.137 e. The van der Waals surface area contributed by atoms with Crippen LogP contribution in [0.3, 0.4) is 0 Å². The zero-order chi connectivity index (χ0) is 28.3. The van der Waals surface area contributed by atoms with Crippen LogP contribution in [0.15, 0.2) is 152 Å². The number of hydrogen-bond acceptors (Lipinski definition) is 2. The average molecular weight is 548 g/mol.